The van der Waals surface area contributed by atoms with Gasteiger partial charge in [0.1, 0.15) is 17.9 Å². The zero-order valence-electron chi connectivity index (χ0n) is 30.1. The Balaban J connectivity index is 1.45. The highest BCUT2D eigenvalue weighted by Crippen LogP contribution is 2.61. The molecule has 3 saturated carbocycles. The highest BCUT2D eigenvalue weighted by Gasteiger charge is 2.57. The number of benzene rings is 2. The molecule has 4 N–H and O–H groups in total. The van der Waals surface area contributed by atoms with Crippen LogP contribution in [0.3, 0.4) is 0 Å². The van der Waals surface area contributed by atoms with E-state index in [-0.39, 0.29) is 46.8 Å². The molecule has 1 amide bonds. The number of sulfone groups is 1. The Labute approximate surface area is 301 Å². The summed E-state index contributed by atoms with van der Waals surface area (Å²) in [6.07, 6.45) is 0.0775. The average molecular weight is 756 g/mol. The Kier molecular flexibility index (Phi) is 11.3. The van der Waals surface area contributed by atoms with Crippen LogP contribution in [-0.2, 0) is 26.0 Å². The van der Waals surface area contributed by atoms with E-state index in [2.05, 4.69) is 26.1 Å². The van der Waals surface area contributed by atoms with Crippen LogP contribution in [0.2, 0.25) is 0 Å². The van der Waals surface area contributed by atoms with Crippen LogP contribution in [0.15, 0.2) is 36.4 Å². The Morgan fingerprint density at radius 2 is 1.88 bits per heavy atom. The lowest BCUT2D eigenvalue weighted by Gasteiger charge is -2.62. The van der Waals surface area contributed by atoms with Crippen molar-refractivity contribution in [2.45, 2.75) is 76.9 Å². The van der Waals surface area contributed by atoms with Crippen LogP contribution in [-0.4, -0.2) is 104 Å². The van der Waals surface area contributed by atoms with Crippen LogP contribution in [0, 0.1) is 29.1 Å². The van der Waals surface area contributed by atoms with Gasteiger partial charge in [-0.05, 0) is 66.7 Å². The minimum Gasteiger partial charge on any atom is -0.496 e. The van der Waals surface area contributed by atoms with Crippen molar-refractivity contribution in [3.63, 3.8) is 0 Å². The van der Waals surface area contributed by atoms with E-state index in [4.69, 9.17) is 9.57 Å². The van der Waals surface area contributed by atoms with Gasteiger partial charge in [0.15, 0.2) is 0 Å². The maximum atomic E-state index is 14.1. The summed E-state index contributed by atoms with van der Waals surface area (Å²) >= 11 is 0. The number of aliphatic hydroxyl groups excluding tert-OH is 2. The summed E-state index contributed by atoms with van der Waals surface area (Å²) in [5.41, 5.74) is -4.02. The first-order valence-electron chi connectivity index (χ1n) is 17.3. The number of ether oxygens (including phenoxy) is 1. The number of alkyl halides is 3. The van der Waals surface area contributed by atoms with Gasteiger partial charge in [0, 0.05) is 42.4 Å². The monoisotopic (exact) mass is 755 g/mol. The van der Waals surface area contributed by atoms with Gasteiger partial charge in [0.2, 0.25) is 15.7 Å². The molecule has 1 saturated heterocycles. The number of hydrogen-bond donors (Lipinski definition) is 4. The molecule has 3 aliphatic carbocycles. The molecule has 1 heterocycles. The van der Waals surface area contributed by atoms with Gasteiger partial charge in [0.05, 0.1) is 37.7 Å². The number of nitrogens with zero attached hydrogens (tertiary/aromatic N) is 2. The van der Waals surface area contributed by atoms with Crippen molar-refractivity contribution in [1.29, 1.82) is 0 Å². The fraction of sp³-hybridized carbons (Fsp3) is 0.611. The second-order valence-corrected chi connectivity index (χ2v) is 17.1. The molecule has 12 nitrogen and oxygen atoms in total. The highest BCUT2D eigenvalue weighted by atomic mass is 32.2. The fourth-order valence-corrected chi connectivity index (χ4v) is 9.19. The molecule has 0 spiro atoms. The lowest BCUT2D eigenvalue weighted by Crippen LogP contribution is -2.62. The van der Waals surface area contributed by atoms with Gasteiger partial charge >= 0.3 is 11.5 Å². The number of nitrogens with one attached hydrogen (secondary N) is 1. The topological polar surface area (TPSA) is 166 Å². The van der Waals surface area contributed by atoms with Crippen LogP contribution in [0.4, 0.5) is 18.9 Å². The number of carbonyl (C=O) groups excluding carboxylic acids is 1. The Hall–Kier alpha value is -3.44. The quantitative estimate of drug-likeness (QED) is 0.233. The maximum absolute atomic E-state index is 14.1. The summed E-state index contributed by atoms with van der Waals surface area (Å²) in [5.74, 6) is -2.15. The fourth-order valence-electron chi connectivity index (χ4n) is 8.44. The maximum Gasteiger partial charge on any atom is 0.497 e. The third-order valence-corrected chi connectivity index (χ3v) is 13.1. The highest BCUT2D eigenvalue weighted by molar-refractivity contribution is 7.92. The van der Waals surface area contributed by atoms with E-state index >= 15 is 0 Å². The third-order valence-electron chi connectivity index (χ3n) is 11.7. The molecule has 2 aromatic rings. The van der Waals surface area contributed by atoms with Gasteiger partial charge in [-0.1, -0.05) is 39.0 Å². The van der Waals surface area contributed by atoms with Crippen LogP contribution < -0.4 is 15.0 Å². The lowest BCUT2D eigenvalue weighted by atomic mass is 9.45. The number of anilines is 1. The SMILES string of the molecule is COc1c(CN2O[C@@H](CO)C([C@H](C)O)[C@H]2C(=O)N[C@H]2C[C@H]3C[C@@H]([C@@H]2C)C3(C)C)cccc1-c1cc(C(=O)O)cc(N(C)CCS(=O)(=O)C(F)(F)F)c1. The molecule has 0 aromatic heterocycles. The number of aromatic carboxylic acids is 1. The van der Waals surface area contributed by atoms with Crippen LogP contribution >= 0.6 is 0 Å². The molecular weight excluding hydrogens is 707 g/mol. The number of methoxy groups -OCH3 is 1. The number of fused-ring (bicyclic) bond motifs is 2. The van der Waals surface area contributed by atoms with E-state index in [1.165, 1.54) is 42.3 Å². The summed E-state index contributed by atoms with van der Waals surface area (Å²) in [7, 11) is -2.66. The van der Waals surface area contributed by atoms with Gasteiger partial charge < -0.3 is 30.3 Å². The van der Waals surface area contributed by atoms with Crippen molar-refractivity contribution >= 4 is 27.4 Å². The van der Waals surface area contributed by atoms with Crippen LogP contribution in [0.25, 0.3) is 11.1 Å². The molecule has 8 atom stereocenters. The van der Waals surface area contributed by atoms with Crippen molar-refractivity contribution in [1.82, 2.24) is 10.4 Å². The van der Waals surface area contributed by atoms with Crippen molar-refractivity contribution in [3.05, 3.63) is 47.5 Å². The van der Waals surface area contributed by atoms with Gasteiger partial charge in [-0.3, -0.25) is 9.63 Å². The van der Waals surface area contributed by atoms with Crippen molar-refractivity contribution < 1.29 is 56.1 Å². The number of para-hydroxylation sites is 1. The predicted octanol–water partition coefficient (Wildman–Crippen LogP) is 4.09. The van der Waals surface area contributed by atoms with Gasteiger partial charge in [0.25, 0.3) is 0 Å². The number of carbonyl (C=O) groups is 2. The number of hydroxylamine groups is 2. The van der Waals surface area contributed by atoms with E-state index in [9.17, 15) is 46.5 Å². The standard InChI is InChI=1S/C36H48F3N3O9S/c1-19-27-15-24(35(27,3)4)16-28(19)40-33(45)31-30(20(2)44)29(18-43)51-42(31)17-21-8-7-9-26(32(21)50-6)22-12-23(34(46)47)14-25(13-22)41(5)10-11-52(48,49)36(37,38)39/h7-9,12-14,19-20,24,27-31,43-44H,10-11,15-18H2,1-6H3,(H,40,45)(H,46,47)/t19-,20-,24+,27-,28-,29-,30?,31-/m0/s1. The van der Waals surface area contributed by atoms with Gasteiger partial charge in [-0.2, -0.15) is 18.2 Å². The average Bonchev–Trinajstić information content (AvgIpc) is 3.45. The molecule has 6 rings (SSSR count). The minimum atomic E-state index is -5.42. The number of carboxylic acid groups (broad SMARTS) is 1. The first kappa shape index (κ1) is 39.8. The molecule has 1 aliphatic heterocycles. The number of halogens is 3. The van der Waals surface area contributed by atoms with Crippen molar-refractivity contribution in [3.8, 4) is 16.9 Å². The third kappa shape index (κ3) is 7.49. The molecule has 2 aromatic carbocycles. The van der Waals surface area contributed by atoms with Gasteiger partial charge in [-0.25, -0.2) is 13.2 Å². The van der Waals surface area contributed by atoms with E-state index in [0.29, 0.717) is 28.5 Å². The Morgan fingerprint density at radius 3 is 2.44 bits per heavy atom. The Morgan fingerprint density at radius 1 is 1.19 bits per heavy atom. The molecule has 0 radical (unpaired) electrons. The molecule has 4 aliphatic rings. The van der Waals surface area contributed by atoms with Gasteiger partial charge in [-0.15, -0.1) is 0 Å². The molecule has 52 heavy (non-hydrogen) atoms. The minimum absolute atomic E-state index is 0.0337. The second-order valence-electron chi connectivity index (χ2n) is 15.0. The summed E-state index contributed by atoms with van der Waals surface area (Å²) in [6.45, 7) is 7.19. The van der Waals surface area contributed by atoms with Crippen LogP contribution in [0.5, 0.6) is 5.75 Å². The molecule has 16 heteroatoms. The molecule has 2 bridgehead atoms. The largest absolute Gasteiger partial charge is 0.497 e. The van der Waals surface area contributed by atoms with E-state index in [1.807, 2.05) is 0 Å². The van der Waals surface area contributed by atoms with E-state index in [1.54, 1.807) is 25.1 Å². The molecule has 1 unspecified atom stereocenters. The molecule has 288 valence electrons. The first-order chi connectivity index (χ1) is 24.2. The van der Waals surface area contributed by atoms with E-state index < -0.39 is 64.4 Å². The number of aliphatic hydroxyl groups is 2. The summed E-state index contributed by atoms with van der Waals surface area (Å²) < 4.78 is 68.2. The summed E-state index contributed by atoms with van der Waals surface area (Å²) in [4.78, 5) is 33.6. The zero-order valence-corrected chi connectivity index (χ0v) is 30.9. The lowest BCUT2D eigenvalue weighted by molar-refractivity contribution is -0.183. The zero-order chi connectivity index (χ0) is 38.5. The predicted molar refractivity (Wildman–Crippen MR) is 186 cm³/mol. The number of amides is 1. The smallest absolute Gasteiger partial charge is 0.496 e. The Bertz CT molecular complexity index is 1770. The summed E-state index contributed by atoms with van der Waals surface area (Å²) in [5, 5.41) is 35.6. The van der Waals surface area contributed by atoms with Crippen molar-refractivity contribution in [2.75, 3.05) is 38.0 Å². The molecule has 4 fully saturated rings. The number of hydrogen-bond acceptors (Lipinski definition) is 10. The normalized spacial score (nSPS) is 27.8. The summed E-state index contributed by atoms with van der Waals surface area (Å²) in [6, 6.07) is 8.12. The molecular formula is C36H48F3N3O9S. The van der Waals surface area contributed by atoms with Crippen LogP contribution in [0.1, 0.15) is 56.5 Å². The van der Waals surface area contributed by atoms with Crippen molar-refractivity contribution in [2.24, 2.45) is 29.1 Å². The number of rotatable bonds is 13. The van der Waals surface area contributed by atoms with E-state index in [0.717, 1.165) is 12.8 Å². The number of carboxylic acids is 1. The second kappa shape index (κ2) is 14.8. The first-order valence-corrected chi connectivity index (χ1v) is 18.9.